The van der Waals surface area contributed by atoms with Crippen molar-refractivity contribution in [3.8, 4) is 0 Å². The van der Waals surface area contributed by atoms with E-state index in [1.807, 2.05) is 6.92 Å². The highest BCUT2D eigenvalue weighted by Crippen LogP contribution is 2.07. The SMILES string of the molecule is CCn1cnc2c(=O)[nH]c(NCC(=O)O)nc21. The van der Waals surface area contributed by atoms with E-state index in [0.29, 0.717) is 12.2 Å². The van der Waals surface area contributed by atoms with Crippen molar-refractivity contribution in [2.45, 2.75) is 13.5 Å². The van der Waals surface area contributed by atoms with Gasteiger partial charge in [0.1, 0.15) is 6.54 Å². The Balaban J connectivity index is 2.45. The number of nitrogens with one attached hydrogen (secondary N) is 2. The third kappa shape index (κ3) is 2.10. The van der Waals surface area contributed by atoms with Crippen molar-refractivity contribution in [3.05, 3.63) is 16.7 Å². The summed E-state index contributed by atoms with van der Waals surface area (Å²) in [4.78, 5) is 32.5. The average molecular weight is 237 g/mol. The van der Waals surface area contributed by atoms with E-state index in [-0.39, 0.29) is 18.0 Å². The lowest BCUT2D eigenvalue weighted by Crippen LogP contribution is -2.18. The molecule has 0 aromatic carbocycles. The molecule has 2 rings (SSSR count). The van der Waals surface area contributed by atoms with Crippen LogP contribution in [0, 0.1) is 0 Å². The largest absolute Gasteiger partial charge is 0.480 e. The third-order valence-corrected chi connectivity index (χ3v) is 2.22. The van der Waals surface area contributed by atoms with Crippen LogP contribution in [-0.4, -0.2) is 37.1 Å². The van der Waals surface area contributed by atoms with Gasteiger partial charge in [0.15, 0.2) is 11.2 Å². The van der Waals surface area contributed by atoms with Gasteiger partial charge < -0.3 is 15.0 Å². The van der Waals surface area contributed by atoms with Gasteiger partial charge in [0, 0.05) is 6.54 Å². The van der Waals surface area contributed by atoms with E-state index in [0.717, 1.165) is 0 Å². The Kier molecular flexibility index (Phi) is 2.77. The molecule has 3 N–H and O–H groups in total. The molecule has 0 aliphatic rings. The molecule has 0 radical (unpaired) electrons. The zero-order valence-electron chi connectivity index (χ0n) is 9.10. The van der Waals surface area contributed by atoms with Gasteiger partial charge in [0.25, 0.3) is 5.56 Å². The highest BCUT2D eigenvalue weighted by molar-refractivity contribution is 5.73. The molecule has 0 amide bonds. The maximum atomic E-state index is 11.6. The van der Waals surface area contributed by atoms with Crippen LogP contribution in [0.1, 0.15) is 6.92 Å². The molecular weight excluding hydrogens is 226 g/mol. The van der Waals surface area contributed by atoms with Gasteiger partial charge in [0.2, 0.25) is 5.95 Å². The quantitative estimate of drug-likeness (QED) is 0.669. The second-order valence-corrected chi connectivity index (χ2v) is 3.36. The van der Waals surface area contributed by atoms with Crippen LogP contribution in [0.3, 0.4) is 0 Å². The second kappa shape index (κ2) is 4.24. The number of aryl methyl sites for hydroxylation is 1. The Hall–Kier alpha value is -2.38. The Morgan fingerprint density at radius 2 is 2.41 bits per heavy atom. The number of aromatic nitrogens is 4. The summed E-state index contributed by atoms with van der Waals surface area (Å²) in [5.41, 5.74) is 0.284. The number of carboxylic acids is 1. The van der Waals surface area contributed by atoms with Crippen molar-refractivity contribution in [1.29, 1.82) is 0 Å². The van der Waals surface area contributed by atoms with Gasteiger partial charge in [-0.05, 0) is 6.92 Å². The number of aromatic amines is 1. The maximum Gasteiger partial charge on any atom is 0.322 e. The molecule has 0 unspecified atom stereocenters. The topological polar surface area (TPSA) is 113 Å². The van der Waals surface area contributed by atoms with E-state index in [1.165, 1.54) is 6.33 Å². The Morgan fingerprint density at radius 3 is 3.06 bits per heavy atom. The van der Waals surface area contributed by atoms with E-state index in [1.54, 1.807) is 4.57 Å². The third-order valence-electron chi connectivity index (χ3n) is 2.22. The van der Waals surface area contributed by atoms with E-state index >= 15 is 0 Å². The van der Waals surface area contributed by atoms with Crippen molar-refractivity contribution >= 4 is 23.1 Å². The first kappa shape index (κ1) is 11.1. The van der Waals surface area contributed by atoms with Crippen molar-refractivity contribution < 1.29 is 9.90 Å². The second-order valence-electron chi connectivity index (χ2n) is 3.36. The molecule has 17 heavy (non-hydrogen) atoms. The number of anilines is 1. The first-order valence-corrected chi connectivity index (χ1v) is 5.02. The normalized spacial score (nSPS) is 10.6. The lowest BCUT2D eigenvalue weighted by molar-refractivity contribution is -0.134. The first-order chi connectivity index (χ1) is 8.11. The van der Waals surface area contributed by atoms with Gasteiger partial charge in [0.05, 0.1) is 6.33 Å². The van der Waals surface area contributed by atoms with Crippen LogP contribution >= 0.6 is 0 Å². The van der Waals surface area contributed by atoms with Crippen LogP contribution in [-0.2, 0) is 11.3 Å². The predicted octanol–water partition coefficient (Wildman–Crippen LogP) is -0.364. The van der Waals surface area contributed by atoms with Crippen LogP contribution in [0.5, 0.6) is 0 Å². The number of H-pyrrole nitrogens is 1. The summed E-state index contributed by atoms with van der Waals surface area (Å²) in [6.45, 7) is 2.22. The van der Waals surface area contributed by atoms with Crippen LogP contribution < -0.4 is 10.9 Å². The van der Waals surface area contributed by atoms with Crippen molar-refractivity contribution in [3.63, 3.8) is 0 Å². The molecule has 0 aliphatic carbocycles. The Labute approximate surface area is 95.3 Å². The molecule has 0 bridgehead atoms. The first-order valence-electron chi connectivity index (χ1n) is 5.02. The van der Waals surface area contributed by atoms with Crippen molar-refractivity contribution in [2.75, 3.05) is 11.9 Å². The van der Waals surface area contributed by atoms with Crippen molar-refractivity contribution in [2.24, 2.45) is 0 Å². The highest BCUT2D eigenvalue weighted by atomic mass is 16.4. The fourth-order valence-corrected chi connectivity index (χ4v) is 1.43. The highest BCUT2D eigenvalue weighted by Gasteiger charge is 2.09. The molecule has 0 atom stereocenters. The van der Waals surface area contributed by atoms with Crippen LogP contribution in [0.15, 0.2) is 11.1 Å². The summed E-state index contributed by atoms with van der Waals surface area (Å²) in [7, 11) is 0. The fourth-order valence-electron chi connectivity index (χ4n) is 1.43. The van der Waals surface area contributed by atoms with E-state index in [9.17, 15) is 9.59 Å². The van der Waals surface area contributed by atoms with E-state index < -0.39 is 11.5 Å². The molecule has 0 saturated heterocycles. The summed E-state index contributed by atoms with van der Waals surface area (Å²) in [6, 6.07) is 0. The number of aliphatic carboxylic acids is 1. The van der Waals surface area contributed by atoms with Gasteiger partial charge in [-0.25, -0.2) is 4.98 Å². The predicted molar refractivity (Wildman–Crippen MR) is 59.9 cm³/mol. The lowest BCUT2D eigenvalue weighted by atomic mass is 10.5. The van der Waals surface area contributed by atoms with Gasteiger partial charge in [-0.2, -0.15) is 4.98 Å². The standard InChI is InChI=1S/C9H11N5O3/c1-2-14-4-11-6-7(14)12-9(13-8(6)17)10-3-5(15)16/h4H,2-3H2,1H3,(H,15,16)(H2,10,12,13,17). The summed E-state index contributed by atoms with van der Waals surface area (Å²) < 4.78 is 1.70. The number of hydrogen-bond donors (Lipinski definition) is 3. The number of hydrogen-bond acceptors (Lipinski definition) is 5. The number of rotatable bonds is 4. The number of carboxylic acid groups (broad SMARTS) is 1. The molecule has 2 aromatic heterocycles. The minimum Gasteiger partial charge on any atom is -0.480 e. The number of nitrogens with zero attached hydrogens (tertiary/aromatic N) is 3. The molecule has 0 saturated carbocycles. The molecule has 2 aromatic rings. The summed E-state index contributed by atoms with van der Waals surface area (Å²) in [5.74, 6) is -0.906. The van der Waals surface area contributed by atoms with Crippen molar-refractivity contribution in [1.82, 2.24) is 19.5 Å². The van der Waals surface area contributed by atoms with Crippen LogP contribution in [0.2, 0.25) is 0 Å². The van der Waals surface area contributed by atoms with Gasteiger partial charge in [-0.15, -0.1) is 0 Å². The number of fused-ring (bicyclic) bond motifs is 1. The molecule has 0 spiro atoms. The zero-order chi connectivity index (χ0) is 12.4. The van der Waals surface area contributed by atoms with Gasteiger partial charge >= 0.3 is 5.97 Å². The Bertz CT molecular complexity index is 615. The summed E-state index contributed by atoms with van der Waals surface area (Å²) in [6.07, 6.45) is 1.52. The molecule has 8 heteroatoms. The van der Waals surface area contributed by atoms with Crippen LogP contribution in [0.4, 0.5) is 5.95 Å². The summed E-state index contributed by atoms with van der Waals surface area (Å²) >= 11 is 0. The van der Waals surface area contributed by atoms with Gasteiger partial charge in [-0.3, -0.25) is 14.6 Å². The minimum absolute atomic E-state index is 0.125. The zero-order valence-corrected chi connectivity index (χ0v) is 9.10. The average Bonchev–Trinajstić information content (AvgIpc) is 2.69. The molecule has 8 nitrogen and oxygen atoms in total. The van der Waals surface area contributed by atoms with E-state index in [4.69, 9.17) is 5.11 Å². The van der Waals surface area contributed by atoms with E-state index in [2.05, 4.69) is 20.3 Å². The number of imidazole rings is 1. The minimum atomic E-state index is -1.03. The summed E-state index contributed by atoms with van der Waals surface area (Å²) in [5, 5.41) is 11.0. The molecule has 0 fully saturated rings. The molecule has 90 valence electrons. The van der Waals surface area contributed by atoms with Gasteiger partial charge in [-0.1, -0.05) is 0 Å². The Morgan fingerprint density at radius 1 is 1.65 bits per heavy atom. The maximum absolute atomic E-state index is 11.6. The molecular formula is C9H11N5O3. The smallest absolute Gasteiger partial charge is 0.322 e. The van der Waals surface area contributed by atoms with Crippen LogP contribution in [0.25, 0.3) is 11.2 Å². The lowest BCUT2D eigenvalue weighted by Gasteiger charge is -2.03. The monoisotopic (exact) mass is 237 g/mol. The molecule has 2 heterocycles. The number of carbonyl (C=O) groups is 1. The fraction of sp³-hybridized carbons (Fsp3) is 0.333. The molecule has 0 aliphatic heterocycles.